The summed E-state index contributed by atoms with van der Waals surface area (Å²) in [7, 11) is 0. The van der Waals surface area contributed by atoms with Gasteiger partial charge < -0.3 is 14.9 Å². The van der Waals surface area contributed by atoms with Crippen molar-refractivity contribution in [2.24, 2.45) is 0 Å². The van der Waals surface area contributed by atoms with Crippen molar-refractivity contribution in [1.29, 1.82) is 5.26 Å². The molecule has 0 saturated heterocycles. The van der Waals surface area contributed by atoms with Crippen LogP contribution in [0.25, 0.3) is 0 Å². The lowest BCUT2D eigenvalue weighted by Gasteiger charge is -2.16. The highest BCUT2D eigenvalue weighted by atomic mass is 16.5. The van der Waals surface area contributed by atoms with Crippen molar-refractivity contribution >= 4 is 0 Å². The Morgan fingerprint density at radius 1 is 1.00 bits per heavy atom. The Kier molecular flexibility index (Phi) is 5.33. The predicted molar refractivity (Wildman–Crippen MR) is 78.4 cm³/mol. The van der Waals surface area contributed by atoms with Crippen molar-refractivity contribution in [3.8, 4) is 11.8 Å². The first kappa shape index (κ1) is 15.0. The van der Waals surface area contributed by atoms with Crippen molar-refractivity contribution in [2.75, 3.05) is 0 Å². The molecule has 0 spiro atoms. The minimum atomic E-state index is -1.08. The lowest BCUT2D eigenvalue weighted by molar-refractivity contribution is 0.0216. The number of ether oxygens (including phenoxy) is 1. The van der Waals surface area contributed by atoms with E-state index in [2.05, 4.69) is 0 Å². The highest BCUT2D eigenvalue weighted by molar-refractivity contribution is 5.29. The van der Waals surface area contributed by atoms with Gasteiger partial charge in [-0.25, -0.2) is 0 Å². The van der Waals surface area contributed by atoms with E-state index in [0.717, 1.165) is 5.56 Å². The molecule has 0 aromatic heterocycles. The minimum absolute atomic E-state index is 0.104. The summed E-state index contributed by atoms with van der Waals surface area (Å²) < 4.78 is 5.64. The summed E-state index contributed by atoms with van der Waals surface area (Å²) >= 11 is 0. The molecule has 4 heteroatoms. The topological polar surface area (TPSA) is 73.5 Å². The van der Waals surface area contributed by atoms with Gasteiger partial charge in [-0.05, 0) is 23.3 Å². The van der Waals surface area contributed by atoms with Crippen molar-refractivity contribution in [1.82, 2.24) is 0 Å². The van der Waals surface area contributed by atoms with Crippen LogP contribution in [0.15, 0.2) is 54.6 Å². The number of benzene rings is 2. The molecule has 0 aliphatic heterocycles. The number of rotatable bonds is 6. The average molecular weight is 283 g/mol. The van der Waals surface area contributed by atoms with E-state index < -0.39 is 12.2 Å². The smallest absolute Gasteiger partial charge is 0.119 e. The van der Waals surface area contributed by atoms with Gasteiger partial charge in [-0.3, -0.25) is 0 Å². The van der Waals surface area contributed by atoms with Crippen LogP contribution in [0.1, 0.15) is 23.7 Å². The number of hydrogen-bond acceptors (Lipinski definition) is 4. The molecule has 2 aromatic rings. The second-order valence-electron chi connectivity index (χ2n) is 4.72. The molecule has 0 saturated carbocycles. The van der Waals surface area contributed by atoms with Crippen LogP contribution in [0.3, 0.4) is 0 Å². The first-order chi connectivity index (χ1) is 10.2. The van der Waals surface area contributed by atoms with Gasteiger partial charge in [-0.2, -0.15) is 5.26 Å². The lowest BCUT2D eigenvalue weighted by atomic mass is 10.0. The molecular weight excluding hydrogens is 266 g/mol. The molecule has 2 N–H and O–H groups in total. The van der Waals surface area contributed by atoms with E-state index in [-0.39, 0.29) is 6.42 Å². The standard InChI is InChI=1S/C17H17NO3/c18-11-10-16(19)17(20)14-6-8-15(9-7-14)21-12-13-4-2-1-3-5-13/h1-9,16-17,19-20H,10,12H2. The number of aliphatic hydroxyl groups excluding tert-OH is 2. The zero-order valence-electron chi connectivity index (χ0n) is 11.5. The van der Waals surface area contributed by atoms with Gasteiger partial charge in [-0.15, -0.1) is 0 Å². The van der Waals surface area contributed by atoms with E-state index >= 15 is 0 Å². The summed E-state index contributed by atoms with van der Waals surface area (Å²) in [5, 5.41) is 28.0. The molecular formula is C17H17NO3. The molecule has 108 valence electrons. The third-order valence-electron chi connectivity index (χ3n) is 3.13. The lowest BCUT2D eigenvalue weighted by Crippen LogP contribution is -2.17. The Morgan fingerprint density at radius 2 is 1.67 bits per heavy atom. The zero-order chi connectivity index (χ0) is 15.1. The van der Waals surface area contributed by atoms with Crippen molar-refractivity contribution < 1.29 is 14.9 Å². The first-order valence-electron chi connectivity index (χ1n) is 6.70. The molecule has 0 radical (unpaired) electrons. The molecule has 4 nitrogen and oxygen atoms in total. The van der Waals surface area contributed by atoms with Gasteiger partial charge in [0.15, 0.2) is 0 Å². The number of aliphatic hydroxyl groups is 2. The maximum atomic E-state index is 9.88. The summed E-state index contributed by atoms with van der Waals surface area (Å²) in [6.07, 6.45) is -2.24. The third kappa shape index (κ3) is 4.32. The number of hydrogen-bond donors (Lipinski definition) is 2. The SMILES string of the molecule is N#CCC(O)C(O)c1ccc(OCc2ccccc2)cc1. The van der Waals surface area contributed by atoms with E-state index in [1.807, 2.05) is 36.4 Å². The monoisotopic (exact) mass is 283 g/mol. The molecule has 2 unspecified atom stereocenters. The molecule has 0 bridgehead atoms. The first-order valence-corrected chi connectivity index (χ1v) is 6.70. The Bertz CT molecular complexity index is 590. The zero-order valence-corrected chi connectivity index (χ0v) is 11.5. The number of nitriles is 1. The van der Waals surface area contributed by atoms with E-state index in [1.165, 1.54) is 0 Å². The van der Waals surface area contributed by atoms with Gasteiger partial charge in [0.2, 0.25) is 0 Å². The molecule has 0 aliphatic rings. The maximum absolute atomic E-state index is 9.88. The Hall–Kier alpha value is -2.35. The predicted octanol–water partition coefficient (Wildman–Crippen LogP) is 2.57. The highest BCUT2D eigenvalue weighted by Gasteiger charge is 2.17. The van der Waals surface area contributed by atoms with Crippen LogP contribution in [0.5, 0.6) is 5.75 Å². The van der Waals surface area contributed by atoms with Crippen LogP contribution >= 0.6 is 0 Å². The van der Waals surface area contributed by atoms with Gasteiger partial charge in [0.25, 0.3) is 0 Å². The largest absolute Gasteiger partial charge is 0.489 e. The molecule has 2 rings (SSSR count). The fraction of sp³-hybridized carbons (Fsp3) is 0.235. The molecule has 2 atom stereocenters. The Morgan fingerprint density at radius 3 is 2.29 bits per heavy atom. The summed E-state index contributed by atoms with van der Waals surface area (Å²) in [6, 6.07) is 18.5. The third-order valence-corrected chi connectivity index (χ3v) is 3.13. The number of nitrogens with zero attached hydrogens (tertiary/aromatic N) is 1. The second-order valence-corrected chi connectivity index (χ2v) is 4.72. The fourth-order valence-electron chi connectivity index (χ4n) is 1.93. The van der Waals surface area contributed by atoms with Crippen LogP contribution in [0, 0.1) is 11.3 Å². The summed E-state index contributed by atoms with van der Waals surface area (Å²) in [4.78, 5) is 0. The van der Waals surface area contributed by atoms with Crippen molar-refractivity contribution in [3.05, 3.63) is 65.7 Å². The van der Waals surface area contributed by atoms with Crippen LogP contribution in [-0.4, -0.2) is 16.3 Å². The Labute approximate surface area is 123 Å². The normalized spacial score (nSPS) is 13.2. The van der Waals surface area contributed by atoms with E-state index in [4.69, 9.17) is 10.00 Å². The van der Waals surface area contributed by atoms with E-state index in [9.17, 15) is 10.2 Å². The second kappa shape index (κ2) is 7.44. The van der Waals surface area contributed by atoms with Crippen molar-refractivity contribution in [3.63, 3.8) is 0 Å². The Balaban J connectivity index is 1.94. The highest BCUT2D eigenvalue weighted by Crippen LogP contribution is 2.22. The van der Waals surface area contributed by atoms with Gasteiger partial charge in [0, 0.05) is 0 Å². The van der Waals surface area contributed by atoms with E-state index in [0.29, 0.717) is 17.9 Å². The fourth-order valence-corrected chi connectivity index (χ4v) is 1.93. The summed E-state index contributed by atoms with van der Waals surface area (Å²) in [6.45, 7) is 0.472. The van der Waals surface area contributed by atoms with Gasteiger partial charge in [0.1, 0.15) is 18.5 Å². The van der Waals surface area contributed by atoms with Crippen LogP contribution in [0.4, 0.5) is 0 Å². The molecule has 0 amide bonds. The van der Waals surface area contributed by atoms with E-state index in [1.54, 1.807) is 24.3 Å². The molecule has 0 aliphatic carbocycles. The molecule has 2 aromatic carbocycles. The minimum Gasteiger partial charge on any atom is -0.489 e. The van der Waals surface area contributed by atoms with Gasteiger partial charge >= 0.3 is 0 Å². The summed E-state index contributed by atoms with van der Waals surface area (Å²) in [5.41, 5.74) is 1.64. The van der Waals surface area contributed by atoms with Crippen molar-refractivity contribution in [2.45, 2.75) is 25.2 Å². The van der Waals surface area contributed by atoms with Gasteiger partial charge in [-0.1, -0.05) is 42.5 Å². The average Bonchev–Trinajstić information content (AvgIpc) is 2.54. The molecule has 21 heavy (non-hydrogen) atoms. The van der Waals surface area contributed by atoms with Gasteiger partial charge in [0.05, 0.1) is 18.6 Å². The molecule has 0 heterocycles. The quantitative estimate of drug-likeness (QED) is 0.854. The maximum Gasteiger partial charge on any atom is 0.119 e. The molecule has 0 fully saturated rings. The van der Waals surface area contributed by atoms with Crippen LogP contribution < -0.4 is 4.74 Å². The van der Waals surface area contributed by atoms with Crippen LogP contribution in [-0.2, 0) is 6.61 Å². The van der Waals surface area contributed by atoms with Crippen LogP contribution in [0.2, 0.25) is 0 Å². The summed E-state index contributed by atoms with van der Waals surface area (Å²) in [5.74, 6) is 0.685.